The number of hydrogen-bond acceptors (Lipinski definition) is 3. The summed E-state index contributed by atoms with van der Waals surface area (Å²) in [6.07, 6.45) is 1.53. The summed E-state index contributed by atoms with van der Waals surface area (Å²) < 4.78 is 29.6. The normalized spacial score (nSPS) is 12.3. The first-order valence-electron chi connectivity index (χ1n) is 8.44. The lowest BCUT2D eigenvalue weighted by Gasteiger charge is -2.19. The van der Waals surface area contributed by atoms with Crippen molar-refractivity contribution >= 4 is 44.1 Å². The van der Waals surface area contributed by atoms with E-state index in [1.165, 1.54) is 10.8 Å². The first kappa shape index (κ1) is 19.5. The zero-order valence-corrected chi connectivity index (χ0v) is 17.1. The third-order valence-corrected chi connectivity index (χ3v) is 5.90. The van der Waals surface area contributed by atoms with Gasteiger partial charge in [-0.1, -0.05) is 62.2 Å². The highest BCUT2D eigenvalue weighted by Gasteiger charge is 2.27. The number of carbonyl (C=O) groups excluding carboxylic acids is 1. The van der Waals surface area contributed by atoms with E-state index in [2.05, 4.69) is 4.72 Å². The summed E-state index contributed by atoms with van der Waals surface area (Å²) in [5, 5.41) is 0.998. The van der Waals surface area contributed by atoms with Crippen LogP contribution >= 0.6 is 11.6 Å². The Labute approximate surface area is 164 Å². The molecule has 142 valence electrons. The highest BCUT2D eigenvalue weighted by atomic mass is 35.5. The highest BCUT2D eigenvalue weighted by molar-refractivity contribution is 7.92. The SMILES string of the molecule is Cc1ccc(S(=O)(=O)Nc2cccc3c(Cl)cn(C(=O)C(C)(C)C)c23)cc1. The molecule has 0 unspecified atom stereocenters. The van der Waals surface area contributed by atoms with Crippen molar-refractivity contribution in [3.8, 4) is 0 Å². The number of fused-ring (bicyclic) bond motifs is 1. The molecule has 0 saturated heterocycles. The number of aromatic nitrogens is 1. The van der Waals surface area contributed by atoms with Gasteiger partial charge in [0.1, 0.15) is 0 Å². The van der Waals surface area contributed by atoms with Crippen LogP contribution in [0.3, 0.4) is 0 Å². The van der Waals surface area contributed by atoms with Gasteiger partial charge < -0.3 is 0 Å². The molecule has 3 aromatic rings. The molecule has 0 aliphatic carbocycles. The number of halogens is 1. The highest BCUT2D eigenvalue weighted by Crippen LogP contribution is 2.34. The molecule has 0 saturated carbocycles. The van der Waals surface area contributed by atoms with Crippen LogP contribution in [0.2, 0.25) is 5.02 Å². The summed E-state index contributed by atoms with van der Waals surface area (Å²) >= 11 is 6.30. The minimum Gasteiger partial charge on any atom is -0.283 e. The zero-order chi connectivity index (χ0) is 20.0. The molecule has 1 aromatic heterocycles. The molecule has 0 atom stereocenters. The number of nitrogens with one attached hydrogen (secondary N) is 1. The maximum absolute atomic E-state index is 12.8. The Balaban J connectivity index is 2.15. The predicted octanol–water partition coefficient (Wildman–Crippen LogP) is 5.09. The number of aryl methyl sites for hydroxylation is 1. The number of rotatable bonds is 3. The smallest absolute Gasteiger partial charge is 0.261 e. The van der Waals surface area contributed by atoms with E-state index >= 15 is 0 Å². The van der Waals surface area contributed by atoms with Crippen molar-refractivity contribution in [3.63, 3.8) is 0 Å². The van der Waals surface area contributed by atoms with E-state index in [-0.39, 0.29) is 10.8 Å². The van der Waals surface area contributed by atoms with Gasteiger partial charge in [0.05, 0.1) is 21.1 Å². The third kappa shape index (κ3) is 3.73. The molecule has 27 heavy (non-hydrogen) atoms. The van der Waals surface area contributed by atoms with Gasteiger partial charge in [0.25, 0.3) is 10.0 Å². The van der Waals surface area contributed by atoms with E-state index in [1.54, 1.807) is 63.2 Å². The molecule has 7 heteroatoms. The average Bonchev–Trinajstić information content (AvgIpc) is 2.91. The first-order chi connectivity index (χ1) is 12.5. The van der Waals surface area contributed by atoms with Crippen LogP contribution in [0, 0.1) is 12.3 Å². The third-order valence-electron chi connectivity index (χ3n) is 4.21. The second kappa shape index (κ2) is 6.69. The molecular weight excluding hydrogens is 384 g/mol. The Morgan fingerprint density at radius 2 is 1.70 bits per heavy atom. The van der Waals surface area contributed by atoms with Crippen molar-refractivity contribution in [1.82, 2.24) is 4.57 Å². The molecule has 3 rings (SSSR count). The molecule has 0 aliphatic rings. The summed E-state index contributed by atoms with van der Waals surface area (Å²) in [4.78, 5) is 13.0. The number of sulfonamides is 1. The van der Waals surface area contributed by atoms with Gasteiger partial charge in [0, 0.05) is 17.0 Å². The fourth-order valence-corrected chi connectivity index (χ4v) is 4.08. The lowest BCUT2D eigenvalue weighted by atomic mass is 9.95. The van der Waals surface area contributed by atoms with Gasteiger partial charge in [-0.05, 0) is 25.1 Å². The lowest BCUT2D eigenvalue weighted by Crippen LogP contribution is -2.26. The molecule has 5 nitrogen and oxygen atoms in total. The number of para-hydroxylation sites is 1. The van der Waals surface area contributed by atoms with Crippen molar-refractivity contribution in [2.45, 2.75) is 32.6 Å². The summed E-state index contributed by atoms with van der Waals surface area (Å²) in [7, 11) is -3.81. The predicted molar refractivity (Wildman–Crippen MR) is 109 cm³/mol. The maximum Gasteiger partial charge on any atom is 0.261 e. The molecule has 0 bridgehead atoms. The van der Waals surface area contributed by atoms with Crippen LogP contribution in [-0.4, -0.2) is 18.9 Å². The van der Waals surface area contributed by atoms with E-state index in [1.807, 2.05) is 6.92 Å². The molecule has 2 aromatic carbocycles. The van der Waals surface area contributed by atoms with Crippen molar-refractivity contribution < 1.29 is 13.2 Å². The standard InChI is InChI=1S/C20H21ClN2O3S/c1-13-8-10-14(11-9-13)27(25,26)22-17-7-5-6-15-16(21)12-23(18(15)17)19(24)20(2,3)4/h5-12,22H,1-4H3. The fraction of sp³-hybridized carbons (Fsp3) is 0.250. The topological polar surface area (TPSA) is 68.2 Å². The summed E-state index contributed by atoms with van der Waals surface area (Å²) in [6.45, 7) is 7.29. The van der Waals surface area contributed by atoms with E-state index in [4.69, 9.17) is 11.6 Å². The van der Waals surface area contributed by atoms with Crippen LogP contribution in [0.4, 0.5) is 5.69 Å². The van der Waals surface area contributed by atoms with Crippen molar-refractivity contribution in [3.05, 3.63) is 59.2 Å². The lowest BCUT2D eigenvalue weighted by molar-refractivity contribution is 0.0773. The molecule has 0 fully saturated rings. The number of anilines is 1. The van der Waals surface area contributed by atoms with Crippen LogP contribution < -0.4 is 4.72 Å². The molecule has 0 spiro atoms. The Morgan fingerprint density at radius 1 is 1.07 bits per heavy atom. The van der Waals surface area contributed by atoms with E-state index in [9.17, 15) is 13.2 Å². The van der Waals surface area contributed by atoms with E-state index < -0.39 is 15.4 Å². The minimum atomic E-state index is -3.81. The maximum atomic E-state index is 12.8. The minimum absolute atomic E-state index is 0.149. The van der Waals surface area contributed by atoms with E-state index in [0.717, 1.165) is 5.56 Å². The Hall–Kier alpha value is -2.31. The van der Waals surface area contributed by atoms with Crippen LogP contribution in [0.15, 0.2) is 53.6 Å². The summed E-state index contributed by atoms with van der Waals surface area (Å²) in [5.41, 5.74) is 1.06. The zero-order valence-electron chi connectivity index (χ0n) is 15.6. The Bertz CT molecular complexity index is 1120. The molecule has 0 amide bonds. The summed E-state index contributed by atoms with van der Waals surface area (Å²) in [6, 6.07) is 11.6. The number of nitrogens with zero attached hydrogens (tertiary/aromatic N) is 1. The molecule has 0 radical (unpaired) electrons. The first-order valence-corrected chi connectivity index (χ1v) is 10.3. The van der Waals surface area contributed by atoms with Crippen LogP contribution in [0.25, 0.3) is 10.9 Å². The van der Waals surface area contributed by atoms with Gasteiger partial charge in [-0.2, -0.15) is 0 Å². The summed E-state index contributed by atoms with van der Waals surface area (Å²) in [5.74, 6) is -0.179. The van der Waals surface area contributed by atoms with Gasteiger partial charge in [-0.15, -0.1) is 0 Å². The van der Waals surface area contributed by atoms with E-state index in [0.29, 0.717) is 21.6 Å². The average molecular weight is 405 g/mol. The van der Waals surface area contributed by atoms with Gasteiger partial charge in [-0.3, -0.25) is 14.1 Å². The van der Waals surface area contributed by atoms with Crippen LogP contribution in [0.5, 0.6) is 0 Å². The number of carbonyl (C=O) groups is 1. The second-order valence-electron chi connectivity index (χ2n) is 7.52. The number of benzene rings is 2. The van der Waals surface area contributed by atoms with Gasteiger partial charge in [0.15, 0.2) is 0 Å². The molecule has 1 heterocycles. The number of hydrogen-bond donors (Lipinski definition) is 1. The monoisotopic (exact) mass is 404 g/mol. The molecule has 1 N–H and O–H groups in total. The Morgan fingerprint density at radius 3 is 2.30 bits per heavy atom. The van der Waals surface area contributed by atoms with Crippen LogP contribution in [-0.2, 0) is 10.0 Å². The van der Waals surface area contributed by atoms with Crippen molar-refractivity contribution in [2.24, 2.45) is 5.41 Å². The van der Waals surface area contributed by atoms with Crippen molar-refractivity contribution in [2.75, 3.05) is 4.72 Å². The van der Waals surface area contributed by atoms with Gasteiger partial charge in [-0.25, -0.2) is 8.42 Å². The van der Waals surface area contributed by atoms with Crippen molar-refractivity contribution in [1.29, 1.82) is 0 Å². The van der Waals surface area contributed by atoms with Gasteiger partial charge >= 0.3 is 0 Å². The quantitative estimate of drug-likeness (QED) is 0.661. The largest absolute Gasteiger partial charge is 0.283 e. The van der Waals surface area contributed by atoms with Gasteiger partial charge in [0.2, 0.25) is 5.91 Å². The Kier molecular flexibility index (Phi) is 4.82. The molecule has 0 aliphatic heterocycles. The molecular formula is C20H21ClN2O3S. The second-order valence-corrected chi connectivity index (χ2v) is 9.61. The fourth-order valence-electron chi connectivity index (χ4n) is 2.77. The van der Waals surface area contributed by atoms with Crippen LogP contribution in [0.1, 0.15) is 31.1 Å².